The van der Waals surface area contributed by atoms with Crippen molar-refractivity contribution < 1.29 is 29.3 Å². The fraction of sp³-hybridized carbons (Fsp3) is 0.500. The lowest BCUT2D eigenvalue weighted by molar-refractivity contribution is -0.151. The van der Waals surface area contributed by atoms with Crippen molar-refractivity contribution in [3.05, 3.63) is 71.8 Å². The Bertz CT molecular complexity index is 978. The van der Waals surface area contributed by atoms with Gasteiger partial charge in [-0.3, -0.25) is 4.79 Å². The number of amides is 2. The van der Waals surface area contributed by atoms with E-state index in [0.29, 0.717) is 12.8 Å². The van der Waals surface area contributed by atoms with Crippen LogP contribution in [0.1, 0.15) is 38.8 Å². The number of hydrogen-bond donors (Lipinski definition) is 5. The summed E-state index contributed by atoms with van der Waals surface area (Å²) < 4.78 is 11.2. The van der Waals surface area contributed by atoms with Gasteiger partial charge < -0.3 is 36.5 Å². The van der Waals surface area contributed by atoms with Crippen LogP contribution in [0.2, 0.25) is 0 Å². The number of benzene rings is 2. The second kappa shape index (κ2) is 13.5. The minimum absolute atomic E-state index is 0.00590. The summed E-state index contributed by atoms with van der Waals surface area (Å²) in [4.78, 5) is 24.6. The SMILES string of the molecule is CC(C)(C)C(C)(O)C(=O)NC(Cc1ccccc1)C(O)COC(CN)C(Cc1ccccc1)OC(N)=O. The third kappa shape index (κ3) is 9.12. The standard InChI is InChI=1S/C28H41N3O6/c1-27(2,3)28(4,35)25(33)31-21(15-19-11-7-5-8-12-19)22(32)18-36-24(17-29)23(37-26(30)34)16-20-13-9-6-10-14-20/h5-14,21-24,32,35H,15-18,29H2,1-4H3,(H2,30,34)(H,31,33). The molecule has 2 aromatic rings. The van der Waals surface area contributed by atoms with Crippen LogP contribution in [0.15, 0.2) is 60.7 Å². The fourth-order valence-corrected chi connectivity index (χ4v) is 3.71. The Morgan fingerprint density at radius 3 is 1.89 bits per heavy atom. The zero-order chi connectivity index (χ0) is 27.6. The van der Waals surface area contributed by atoms with Crippen molar-refractivity contribution in [2.24, 2.45) is 16.9 Å². The van der Waals surface area contributed by atoms with E-state index in [2.05, 4.69) is 5.32 Å². The lowest BCUT2D eigenvalue weighted by Gasteiger charge is -2.37. The number of aliphatic hydroxyl groups is 2. The van der Waals surface area contributed by atoms with Crippen LogP contribution in [0.5, 0.6) is 0 Å². The first-order valence-electron chi connectivity index (χ1n) is 12.4. The van der Waals surface area contributed by atoms with Gasteiger partial charge in [0, 0.05) is 13.0 Å². The number of carbonyl (C=O) groups excluding carboxylic acids is 2. The monoisotopic (exact) mass is 515 g/mol. The van der Waals surface area contributed by atoms with Gasteiger partial charge in [0.05, 0.1) is 18.8 Å². The maximum atomic E-state index is 13.0. The lowest BCUT2D eigenvalue weighted by Crippen LogP contribution is -2.58. The van der Waals surface area contributed by atoms with Crippen LogP contribution in [0, 0.1) is 5.41 Å². The summed E-state index contributed by atoms with van der Waals surface area (Å²) >= 11 is 0. The second-order valence-electron chi connectivity index (χ2n) is 10.4. The second-order valence-corrected chi connectivity index (χ2v) is 10.4. The molecule has 0 radical (unpaired) electrons. The first kappa shape index (κ1) is 30.2. The highest BCUT2D eigenvalue weighted by Crippen LogP contribution is 2.30. The van der Waals surface area contributed by atoms with E-state index in [1.165, 1.54) is 6.92 Å². The highest BCUT2D eigenvalue weighted by molar-refractivity contribution is 5.85. The number of primary amides is 1. The maximum Gasteiger partial charge on any atom is 0.404 e. The average Bonchev–Trinajstić information content (AvgIpc) is 2.84. The summed E-state index contributed by atoms with van der Waals surface area (Å²) in [5.41, 5.74) is 10.6. The molecule has 0 aliphatic rings. The summed E-state index contributed by atoms with van der Waals surface area (Å²) in [6.07, 6.45) is -3.02. The topological polar surface area (TPSA) is 157 Å². The van der Waals surface area contributed by atoms with Crippen LogP contribution in [0.3, 0.4) is 0 Å². The summed E-state index contributed by atoms with van der Waals surface area (Å²) in [5.74, 6) is -0.602. The predicted molar refractivity (Wildman–Crippen MR) is 142 cm³/mol. The van der Waals surface area contributed by atoms with Gasteiger partial charge in [-0.2, -0.15) is 0 Å². The third-order valence-electron chi connectivity index (χ3n) is 6.66. The van der Waals surface area contributed by atoms with Crippen molar-refractivity contribution in [3.8, 4) is 0 Å². The van der Waals surface area contributed by atoms with Gasteiger partial charge in [-0.1, -0.05) is 81.4 Å². The molecule has 0 spiro atoms. The zero-order valence-corrected chi connectivity index (χ0v) is 22.1. The van der Waals surface area contributed by atoms with Crippen molar-refractivity contribution in [1.29, 1.82) is 0 Å². The van der Waals surface area contributed by atoms with Crippen molar-refractivity contribution in [1.82, 2.24) is 5.32 Å². The van der Waals surface area contributed by atoms with Gasteiger partial charge in [0.1, 0.15) is 17.8 Å². The van der Waals surface area contributed by atoms with Crippen LogP contribution < -0.4 is 16.8 Å². The maximum absolute atomic E-state index is 13.0. The Kier molecular flexibility index (Phi) is 11.1. The number of nitrogens with one attached hydrogen (secondary N) is 1. The quantitative estimate of drug-likeness (QED) is 0.273. The average molecular weight is 516 g/mol. The molecule has 0 aromatic heterocycles. The molecule has 9 nitrogen and oxygen atoms in total. The fourth-order valence-electron chi connectivity index (χ4n) is 3.71. The van der Waals surface area contributed by atoms with Gasteiger partial charge in [-0.05, 0) is 29.9 Å². The number of rotatable bonds is 13. The molecule has 0 heterocycles. The molecule has 0 aliphatic carbocycles. The van der Waals surface area contributed by atoms with E-state index < -0.39 is 47.4 Å². The highest BCUT2D eigenvalue weighted by atomic mass is 16.6. The zero-order valence-electron chi connectivity index (χ0n) is 22.1. The van der Waals surface area contributed by atoms with Crippen LogP contribution in [-0.4, -0.2) is 65.3 Å². The molecule has 0 aliphatic heterocycles. The highest BCUT2D eigenvalue weighted by Gasteiger charge is 2.43. The largest absolute Gasteiger partial charge is 0.443 e. The van der Waals surface area contributed by atoms with Crippen LogP contribution in [0.25, 0.3) is 0 Å². The van der Waals surface area contributed by atoms with E-state index in [1.807, 2.05) is 60.7 Å². The van der Waals surface area contributed by atoms with Crippen molar-refractivity contribution in [2.75, 3.05) is 13.2 Å². The van der Waals surface area contributed by atoms with E-state index in [1.54, 1.807) is 20.8 Å². The Balaban J connectivity index is 2.18. The molecule has 0 saturated carbocycles. The molecule has 9 heteroatoms. The molecular formula is C28H41N3O6. The minimum atomic E-state index is -1.68. The van der Waals surface area contributed by atoms with Gasteiger partial charge in [0.2, 0.25) is 0 Å². The minimum Gasteiger partial charge on any atom is -0.443 e. The normalized spacial score (nSPS) is 16.6. The molecule has 7 N–H and O–H groups in total. The van der Waals surface area contributed by atoms with Crippen LogP contribution in [-0.2, 0) is 27.1 Å². The molecule has 2 amide bonds. The molecule has 5 atom stereocenters. The number of hydrogen-bond acceptors (Lipinski definition) is 7. The summed E-state index contributed by atoms with van der Waals surface area (Å²) in [5, 5.41) is 24.8. The Labute approximate surface area is 219 Å². The summed E-state index contributed by atoms with van der Waals surface area (Å²) in [6, 6.07) is 18.0. The molecule has 0 fully saturated rings. The predicted octanol–water partition coefficient (Wildman–Crippen LogP) is 1.92. The molecule has 2 aromatic carbocycles. The molecular weight excluding hydrogens is 474 g/mol. The van der Waals surface area contributed by atoms with Crippen molar-refractivity contribution in [3.63, 3.8) is 0 Å². The molecule has 2 rings (SSSR count). The van der Waals surface area contributed by atoms with Gasteiger partial charge in [-0.15, -0.1) is 0 Å². The van der Waals surface area contributed by atoms with Gasteiger partial charge in [0.15, 0.2) is 0 Å². The molecule has 204 valence electrons. The number of nitrogens with two attached hydrogens (primary N) is 2. The Morgan fingerprint density at radius 1 is 0.919 bits per heavy atom. The molecule has 37 heavy (non-hydrogen) atoms. The Morgan fingerprint density at radius 2 is 1.43 bits per heavy atom. The van der Waals surface area contributed by atoms with E-state index in [-0.39, 0.29) is 13.2 Å². The summed E-state index contributed by atoms with van der Waals surface area (Å²) in [6.45, 7) is 6.53. The van der Waals surface area contributed by atoms with E-state index >= 15 is 0 Å². The molecule has 0 bridgehead atoms. The van der Waals surface area contributed by atoms with Crippen molar-refractivity contribution >= 4 is 12.0 Å². The van der Waals surface area contributed by atoms with E-state index in [9.17, 15) is 19.8 Å². The van der Waals surface area contributed by atoms with Gasteiger partial charge in [-0.25, -0.2) is 4.79 Å². The Hall–Kier alpha value is -2.98. The summed E-state index contributed by atoms with van der Waals surface area (Å²) in [7, 11) is 0. The smallest absolute Gasteiger partial charge is 0.404 e. The third-order valence-corrected chi connectivity index (χ3v) is 6.66. The van der Waals surface area contributed by atoms with Crippen LogP contribution in [0.4, 0.5) is 4.79 Å². The lowest BCUT2D eigenvalue weighted by atomic mass is 9.77. The van der Waals surface area contributed by atoms with Crippen molar-refractivity contribution in [2.45, 2.75) is 70.5 Å². The number of aliphatic hydroxyl groups excluding tert-OH is 1. The molecule has 0 saturated heterocycles. The van der Waals surface area contributed by atoms with E-state index in [4.69, 9.17) is 20.9 Å². The van der Waals surface area contributed by atoms with Gasteiger partial charge >= 0.3 is 6.09 Å². The van der Waals surface area contributed by atoms with E-state index in [0.717, 1.165) is 11.1 Å². The number of ether oxygens (including phenoxy) is 2. The first-order chi connectivity index (χ1) is 17.3. The first-order valence-corrected chi connectivity index (χ1v) is 12.4. The molecule has 5 unspecified atom stereocenters. The number of carbonyl (C=O) groups is 2. The van der Waals surface area contributed by atoms with Crippen LogP contribution >= 0.6 is 0 Å². The van der Waals surface area contributed by atoms with Gasteiger partial charge in [0.25, 0.3) is 5.91 Å².